The van der Waals surface area contributed by atoms with Gasteiger partial charge in [0.25, 0.3) is 11.8 Å². The zero-order valence-corrected chi connectivity index (χ0v) is 19.3. The number of amides is 3. The molecule has 0 aliphatic carbocycles. The van der Waals surface area contributed by atoms with Crippen LogP contribution >= 0.6 is 0 Å². The van der Waals surface area contributed by atoms with Crippen LogP contribution in [0.5, 0.6) is 11.5 Å². The van der Waals surface area contributed by atoms with Crippen LogP contribution in [0.25, 0.3) is 0 Å². The zero-order chi connectivity index (χ0) is 24.7. The average molecular weight is 469 g/mol. The van der Waals surface area contributed by atoms with Crippen molar-refractivity contribution >= 4 is 29.4 Å². The van der Waals surface area contributed by atoms with Crippen molar-refractivity contribution in [2.75, 3.05) is 32.7 Å². The van der Waals surface area contributed by atoms with E-state index in [1.54, 1.807) is 18.2 Å². The van der Waals surface area contributed by atoms with Crippen LogP contribution in [0, 0.1) is 5.92 Å². The molecule has 10 nitrogen and oxygen atoms in total. The second kappa shape index (κ2) is 11.2. The standard InChI is InChI=1S/C24H27N3O7/c1-4-15-5-8-18(9-6-15)25-21(28)14-34-24(31)17-12-22(29)27(13-17)26-23(30)16-7-10-19(32-2)20(11-16)33-3/h5-11,17H,4,12-14H2,1-3H3,(H,25,28)(H,26,30)/t17-/m1/s1. The first-order valence-corrected chi connectivity index (χ1v) is 10.7. The Balaban J connectivity index is 1.49. The number of nitrogens with one attached hydrogen (secondary N) is 2. The summed E-state index contributed by atoms with van der Waals surface area (Å²) < 4.78 is 15.4. The first kappa shape index (κ1) is 24.6. The molecule has 1 saturated heterocycles. The van der Waals surface area contributed by atoms with E-state index in [0.29, 0.717) is 17.2 Å². The summed E-state index contributed by atoms with van der Waals surface area (Å²) in [6.45, 7) is 1.50. The summed E-state index contributed by atoms with van der Waals surface area (Å²) in [4.78, 5) is 49.3. The maximum atomic E-state index is 12.5. The zero-order valence-electron chi connectivity index (χ0n) is 19.3. The Morgan fingerprint density at radius 3 is 2.38 bits per heavy atom. The lowest BCUT2D eigenvalue weighted by Crippen LogP contribution is -2.43. The lowest BCUT2D eigenvalue weighted by atomic mass is 10.1. The van der Waals surface area contributed by atoms with Gasteiger partial charge in [-0.25, -0.2) is 0 Å². The summed E-state index contributed by atoms with van der Waals surface area (Å²) in [5.41, 5.74) is 4.47. The fourth-order valence-corrected chi connectivity index (χ4v) is 3.41. The minimum Gasteiger partial charge on any atom is -0.493 e. The highest BCUT2D eigenvalue weighted by atomic mass is 16.5. The Kier molecular flexibility index (Phi) is 8.07. The molecule has 0 radical (unpaired) electrons. The smallest absolute Gasteiger partial charge is 0.311 e. The fraction of sp³-hybridized carbons (Fsp3) is 0.333. The van der Waals surface area contributed by atoms with Crippen molar-refractivity contribution < 1.29 is 33.4 Å². The number of rotatable bonds is 9. The molecular formula is C24H27N3O7. The number of ether oxygens (including phenoxy) is 3. The number of benzene rings is 2. The van der Waals surface area contributed by atoms with Gasteiger partial charge in [0.15, 0.2) is 18.1 Å². The summed E-state index contributed by atoms with van der Waals surface area (Å²) >= 11 is 0. The van der Waals surface area contributed by atoms with Gasteiger partial charge in [-0.2, -0.15) is 0 Å². The molecule has 0 unspecified atom stereocenters. The second-order valence-corrected chi connectivity index (χ2v) is 7.62. The number of hydrogen-bond donors (Lipinski definition) is 2. The van der Waals surface area contributed by atoms with Crippen LogP contribution in [0.4, 0.5) is 5.69 Å². The van der Waals surface area contributed by atoms with Gasteiger partial charge in [0.2, 0.25) is 5.91 Å². The van der Waals surface area contributed by atoms with Crippen molar-refractivity contribution in [3.05, 3.63) is 53.6 Å². The predicted octanol–water partition coefficient (Wildman–Crippen LogP) is 1.94. The normalized spacial score (nSPS) is 15.0. The molecule has 1 aliphatic heterocycles. The lowest BCUT2D eigenvalue weighted by molar-refractivity contribution is -0.151. The van der Waals surface area contributed by atoms with Crippen LogP contribution in [0.1, 0.15) is 29.3 Å². The average Bonchev–Trinajstić information content (AvgIpc) is 3.22. The third kappa shape index (κ3) is 6.03. The molecule has 3 rings (SSSR count). The molecule has 1 aliphatic rings. The van der Waals surface area contributed by atoms with Crippen molar-refractivity contribution in [2.24, 2.45) is 5.92 Å². The highest BCUT2D eigenvalue weighted by Crippen LogP contribution is 2.27. The maximum absolute atomic E-state index is 12.5. The molecule has 180 valence electrons. The van der Waals surface area contributed by atoms with Crippen molar-refractivity contribution in [3.8, 4) is 11.5 Å². The van der Waals surface area contributed by atoms with Gasteiger partial charge in [-0.3, -0.25) is 29.6 Å². The molecule has 0 aromatic heterocycles. The van der Waals surface area contributed by atoms with Gasteiger partial charge in [0.05, 0.1) is 26.7 Å². The van der Waals surface area contributed by atoms with E-state index in [9.17, 15) is 19.2 Å². The Hall–Kier alpha value is -4.08. The molecule has 3 amide bonds. The lowest BCUT2D eigenvalue weighted by Gasteiger charge is -2.18. The van der Waals surface area contributed by atoms with Crippen LogP contribution in [-0.4, -0.2) is 56.1 Å². The molecule has 2 aromatic rings. The number of hydrazine groups is 1. The minimum absolute atomic E-state index is 0.0587. The van der Waals surface area contributed by atoms with Gasteiger partial charge in [-0.1, -0.05) is 19.1 Å². The summed E-state index contributed by atoms with van der Waals surface area (Å²) in [7, 11) is 2.93. The predicted molar refractivity (Wildman–Crippen MR) is 122 cm³/mol. The van der Waals surface area contributed by atoms with Crippen LogP contribution in [-0.2, 0) is 25.5 Å². The van der Waals surface area contributed by atoms with E-state index in [-0.39, 0.29) is 18.5 Å². The SMILES string of the molecule is CCc1ccc(NC(=O)COC(=O)[C@@H]2CC(=O)N(NC(=O)c3ccc(OC)c(OC)c3)C2)cc1. The first-order chi connectivity index (χ1) is 16.3. The van der Waals surface area contributed by atoms with E-state index in [1.165, 1.54) is 26.4 Å². The van der Waals surface area contributed by atoms with Crippen LogP contribution in [0.2, 0.25) is 0 Å². The third-order valence-electron chi connectivity index (χ3n) is 5.33. The maximum Gasteiger partial charge on any atom is 0.311 e. The molecule has 10 heteroatoms. The topological polar surface area (TPSA) is 123 Å². The number of nitrogens with zero attached hydrogens (tertiary/aromatic N) is 1. The van der Waals surface area contributed by atoms with Crippen molar-refractivity contribution in [3.63, 3.8) is 0 Å². The van der Waals surface area contributed by atoms with Gasteiger partial charge in [-0.15, -0.1) is 0 Å². The van der Waals surface area contributed by atoms with E-state index >= 15 is 0 Å². The summed E-state index contributed by atoms with van der Waals surface area (Å²) in [6, 6.07) is 11.9. The molecule has 0 bridgehead atoms. The fourth-order valence-electron chi connectivity index (χ4n) is 3.41. The molecule has 0 saturated carbocycles. The van der Waals surface area contributed by atoms with Crippen molar-refractivity contribution in [2.45, 2.75) is 19.8 Å². The van der Waals surface area contributed by atoms with Crippen LogP contribution < -0.4 is 20.2 Å². The number of esters is 1. The molecule has 34 heavy (non-hydrogen) atoms. The highest BCUT2D eigenvalue weighted by Gasteiger charge is 2.36. The van der Waals surface area contributed by atoms with Gasteiger partial charge in [0, 0.05) is 17.7 Å². The van der Waals surface area contributed by atoms with E-state index in [0.717, 1.165) is 17.0 Å². The van der Waals surface area contributed by atoms with Gasteiger partial charge in [0.1, 0.15) is 0 Å². The van der Waals surface area contributed by atoms with E-state index in [4.69, 9.17) is 14.2 Å². The highest BCUT2D eigenvalue weighted by molar-refractivity contribution is 5.97. The van der Waals surface area contributed by atoms with Gasteiger partial charge in [-0.05, 0) is 42.3 Å². The number of hydrogen-bond acceptors (Lipinski definition) is 7. The van der Waals surface area contributed by atoms with Gasteiger partial charge >= 0.3 is 5.97 Å². The molecule has 2 aromatic carbocycles. The Labute approximate surface area is 197 Å². The Morgan fingerprint density at radius 1 is 1.03 bits per heavy atom. The van der Waals surface area contributed by atoms with Crippen molar-refractivity contribution in [1.82, 2.24) is 10.4 Å². The quantitative estimate of drug-likeness (QED) is 0.538. The molecule has 2 N–H and O–H groups in total. The van der Waals surface area contributed by atoms with Crippen LogP contribution in [0.15, 0.2) is 42.5 Å². The Bertz CT molecular complexity index is 1070. The Morgan fingerprint density at radius 2 is 1.74 bits per heavy atom. The monoisotopic (exact) mass is 469 g/mol. The summed E-state index contributed by atoms with van der Waals surface area (Å²) in [6.07, 6.45) is 0.753. The largest absolute Gasteiger partial charge is 0.493 e. The minimum atomic E-state index is -0.796. The first-order valence-electron chi connectivity index (χ1n) is 10.7. The number of carbonyl (C=O) groups is 4. The molecule has 1 atom stereocenters. The molecule has 1 fully saturated rings. The van der Waals surface area contributed by atoms with E-state index < -0.39 is 36.2 Å². The number of anilines is 1. The molecule has 1 heterocycles. The molecular weight excluding hydrogens is 442 g/mol. The van der Waals surface area contributed by atoms with Crippen LogP contribution in [0.3, 0.4) is 0 Å². The summed E-state index contributed by atoms with van der Waals surface area (Å²) in [5.74, 6) is -2.12. The second-order valence-electron chi connectivity index (χ2n) is 7.62. The van der Waals surface area contributed by atoms with Crippen molar-refractivity contribution in [1.29, 1.82) is 0 Å². The van der Waals surface area contributed by atoms with E-state index in [2.05, 4.69) is 10.7 Å². The number of carbonyl (C=O) groups excluding carboxylic acids is 4. The third-order valence-corrected chi connectivity index (χ3v) is 5.33. The number of methoxy groups -OCH3 is 2. The molecule has 0 spiro atoms. The summed E-state index contributed by atoms with van der Waals surface area (Å²) in [5, 5.41) is 3.72. The van der Waals surface area contributed by atoms with Gasteiger partial charge < -0.3 is 19.5 Å². The van der Waals surface area contributed by atoms with E-state index in [1.807, 2.05) is 19.1 Å². The number of aryl methyl sites for hydroxylation is 1.